The Balaban J connectivity index is 0.00000144. The van der Waals surface area contributed by atoms with E-state index in [0.29, 0.717) is 0 Å². The highest BCUT2D eigenvalue weighted by Gasteiger charge is 2.19. The Hall–Kier alpha value is -0.560. The molecule has 0 spiro atoms. The first-order valence-electron chi connectivity index (χ1n) is 3.52. The fourth-order valence-electron chi connectivity index (χ4n) is 0.876. The maximum atomic E-state index is 8.75. The van der Waals surface area contributed by atoms with Crippen molar-refractivity contribution in [2.24, 2.45) is 5.73 Å². The molecular formula is C9H10BrClN2. The van der Waals surface area contributed by atoms with E-state index in [0.717, 1.165) is 10.0 Å². The van der Waals surface area contributed by atoms with E-state index in [4.69, 9.17) is 11.0 Å². The topological polar surface area (TPSA) is 49.8 Å². The lowest BCUT2D eigenvalue weighted by Gasteiger charge is -2.15. The molecule has 0 fully saturated rings. The van der Waals surface area contributed by atoms with Crippen molar-refractivity contribution in [1.82, 2.24) is 0 Å². The van der Waals surface area contributed by atoms with Gasteiger partial charge >= 0.3 is 0 Å². The average Bonchev–Trinajstić information content (AvgIpc) is 2.05. The highest BCUT2D eigenvalue weighted by Crippen LogP contribution is 2.20. The van der Waals surface area contributed by atoms with Gasteiger partial charge in [-0.05, 0) is 24.6 Å². The molecule has 0 aromatic heterocycles. The number of rotatable bonds is 1. The third-order valence-electron chi connectivity index (χ3n) is 1.66. The highest BCUT2D eigenvalue weighted by molar-refractivity contribution is 9.10. The third-order valence-corrected chi connectivity index (χ3v) is 2.15. The quantitative estimate of drug-likeness (QED) is 0.845. The minimum Gasteiger partial charge on any atom is -0.310 e. The fraction of sp³-hybridized carbons (Fsp3) is 0.222. The number of nitriles is 1. The fourth-order valence-corrected chi connectivity index (χ4v) is 1.28. The van der Waals surface area contributed by atoms with Gasteiger partial charge in [0.1, 0.15) is 5.54 Å². The zero-order valence-electron chi connectivity index (χ0n) is 7.12. The summed E-state index contributed by atoms with van der Waals surface area (Å²) in [6.45, 7) is 1.69. The molecule has 0 radical (unpaired) electrons. The SMILES string of the molecule is CC(N)(C#N)c1cccc(Br)c1.Cl. The van der Waals surface area contributed by atoms with Gasteiger partial charge in [0.2, 0.25) is 0 Å². The largest absolute Gasteiger partial charge is 0.310 e. The minimum atomic E-state index is -0.899. The lowest BCUT2D eigenvalue weighted by atomic mass is 9.95. The smallest absolute Gasteiger partial charge is 0.126 e. The van der Waals surface area contributed by atoms with Crippen LogP contribution >= 0.6 is 28.3 Å². The van der Waals surface area contributed by atoms with Crippen LogP contribution < -0.4 is 5.73 Å². The molecule has 0 bridgehead atoms. The molecule has 1 unspecified atom stereocenters. The third kappa shape index (κ3) is 3.00. The Morgan fingerprint density at radius 1 is 1.54 bits per heavy atom. The summed E-state index contributed by atoms with van der Waals surface area (Å²) in [6, 6.07) is 9.50. The van der Waals surface area contributed by atoms with Gasteiger partial charge in [-0.25, -0.2) is 0 Å². The summed E-state index contributed by atoms with van der Waals surface area (Å²) >= 11 is 3.32. The maximum absolute atomic E-state index is 8.75. The molecule has 4 heteroatoms. The molecule has 0 aliphatic carbocycles. The Morgan fingerprint density at radius 3 is 2.62 bits per heavy atom. The molecular weight excluding hydrogens is 251 g/mol. The Kier molecular flexibility index (Phi) is 4.41. The highest BCUT2D eigenvalue weighted by atomic mass is 79.9. The first kappa shape index (κ1) is 12.4. The van der Waals surface area contributed by atoms with Crippen molar-refractivity contribution in [3.05, 3.63) is 34.3 Å². The zero-order valence-corrected chi connectivity index (χ0v) is 9.52. The summed E-state index contributed by atoms with van der Waals surface area (Å²) in [7, 11) is 0. The summed E-state index contributed by atoms with van der Waals surface area (Å²) in [5.74, 6) is 0. The molecule has 0 heterocycles. The van der Waals surface area contributed by atoms with Crippen molar-refractivity contribution in [2.75, 3.05) is 0 Å². The number of hydrogen-bond acceptors (Lipinski definition) is 2. The molecule has 2 N–H and O–H groups in total. The molecule has 1 aromatic rings. The van der Waals surface area contributed by atoms with E-state index in [-0.39, 0.29) is 12.4 Å². The van der Waals surface area contributed by atoms with E-state index in [9.17, 15) is 0 Å². The number of hydrogen-bond donors (Lipinski definition) is 1. The van der Waals surface area contributed by atoms with Crippen LogP contribution in [0.4, 0.5) is 0 Å². The van der Waals surface area contributed by atoms with Crippen molar-refractivity contribution in [3.8, 4) is 6.07 Å². The van der Waals surface area contributed by atoms with Crippen molar-refractivity contribution in [3.63, 3.8) is 0 Å². The van der Waals surface area contributed by atoms with Crippen molar-refractivity contribution in [2.45, 2.75) is 12.5 Å². The minimum absolute atomic E-state index is 0. The molecule has 0 aliphatic heterocycles. The molecule has 0 aliphatic rings. The van der Waals surface area contributed by atoms with E-state index in [1.165, 1.54) is 0 Å². The van der Waals surface area contributed by atoms with Crippen LogP contribution in [0.3, 0.4) is 0 Å². The predicted octanol–water partition coefficient (Wildman–Crippen LogP) is 2.57. The maximum Gasteiger partial charge on any atom is 0.126 e. The average molecular weight is 262 g/mol. The van der Waals surface area contributed by atoms with E-state index in [2.05, 4.69) is 15.9 Å². The molecule has 1 rings (SSSR count). The summed E-state index contributed by atoms with van der Waals surface area (Å²) < 4.78 is 0.937. The second-order valence-electron chi connectivity index (χ2n) is 2.82. The summed E-state index contributed by atoms with van der Waals surface area (Å²) in [4.78, 5) is 0. The molecule has 0 amide bonds. The van der Waals surface area contributed by atoms with Crippen LogP contribution in [0.2, 0.25) is 0 Å². The van der Waals surface area contributed by atoms with Crippen LogP contribution in [0, 0.1) is 11.3 Å². The molecule has 0 saturated heterocycles. The van der Waals surface area contributed by atoms with Gasteiger partial charge in [0.05, 0.1) is 6.07 Å². The molecule has 1 aromatic carbocycles. The van der Waals surface area contributed by atoms with Gasteiger partial charge in [-0.3, -0.25) is 0 Å². The van der Waals surface area contributed by atoms with Crippen molar-refractivity contribution in [1.29, 1.82) is 5.26 Å². The molecule has 13 heavy (non-hydrogen) atoms. The Bertz CT molecular complexity index is 331. The summed E-state index contributed by atoms with van der Waals surface area (Å²) in [5, 5.41) is 8.75. The predicted molar refractivity (Wildman–Crippen MR) is 58.5 cm³/mol. The normalized spacial score (nSPS) is 13.7. The number of nitrogens with zero attached hydrogens (tertiary/aromatic N) is 1. The van der Waals surface area contributed by atoms with Crippen LogP contribution in [-0.2, 0) is 5.54 Å². The second kappa shape index (κ2) is 4.61. The molecule has 2 nitrogen and oxygen atoms in total. The monoisotopic (exact) mass is 260 g/mol. The number of nitrogens with two attached hydrogens (primary N) is 1. The van der Waals surface area contributed by atoms with Gasteiger partial charge in [-0.2, -0.15) is 5.26 Å². The van der Waals surface area contributed by atoms with Gasteiger partial charge in [-0.15, -0.1) is 12.4 Å². The van der Waals surface area contributed by atoms with E-state index < -0.39 is 5.54 Å². The van der Waals surface area contributed by atoms with Crippen LogP contribution in [0.5, 0.6) is 0 Å². The first-order valence-corrected chi connectivity index (χ1v) is 4.32. The second-order valence-corrected chi connectivity index (χ2v) is 3.74. The van der Waals surface area contributed by atoms with E-state index in [1.54, 1.807) is 6.92 Å². The van der Waals surface area contributed by atoms with Gasteiger partial charge < -0.3 is 5.73 Å². The first-order chi connectivity index (χ1) is 5.56. The van der Waals surface area contributed by atoms with E-state index in [1.807, 2.05) is 30.3 Å². The van der Waals surface area contributed by atoms with Gasteiger partial charge in [0, 0.05) is 4.47 Å². The molecule has 0 saturated carbocycles. The lowest BCUT2D eigenvalue weighted by Crippen LogP contribution is -2.30. The van der Waals surface area contributed by atoms with Crippen LogP contribution in [0.15, 0.2) is 28.7 Å². The standard InChI is InChI=1S/C9H9BrN2.ClH/c1-9(12,6-11)7-3-2-4-8(10)5-7;/h2-5H,12H2,1H3;1H. The summed E-state index contributed by atoms with van der Waals surface area (Å²) in [6.07, 6.45) is 0. The number of halogens is 2. The molecule has 70 valence electrons. The Morgan fingerprint density at radius 2 is 2.15 bits per heavy atom. The van der Waals surface area contributed by atoms with Crippen molar-refractivity contribution >= 4 is 28.3 Å². The van der Waals surface area contributed by atoms with Crippen LogP contribution in [0.25, 0.3) is 0 Å². The Labute approximate surface area is 92.3 Å². The van der Waals surface area contributed by atoms with Crippen LogP contribution in [-0.4, -0.2) is 0 Å². The van der Waals surface area contributed by atoms with Gasteiger partial charge in [0.15, 0.2) is 0 Å². The number of benzene rings is 1. The van der Waals surface area contributed by atoms with Gasteiger partial charge in [-0.1, -0.05) is 28.1 Å². The molecule has 1 atom stereocenters. The van der Waals surface area contributed by atoms with Gasteiger partial charge in [0.25, 0.3) is 0 Å². The van der Waals surface area contributed by atoms with Crippen LogP contribution in [0.1, 0.15) is 12.5 Å². The van der Waals surface area contributed by atoms with E-state index >= 15 is 0 Å². The zero-order chi connectivity index (χ0) is 9.19. The summed E-state index contributed by atoms with van der Waals surface area (Å²) in [5.41, 5.74) is 5.64. The van der Waals surface area contributed by atoms with Crippen molar-refractivity contribution < 1.29 is 0 Å². The lowest BCUT2D eigenvalue weighted by molar-refractivity contribution is 0.646.